The fourth-order valence-electron chi connectivity index (χ4n) is 1.50. The molecule has 1 rings (SSSR count). The van der Waals surface area contributed by atoms with Crippen molar-refractivity contribution in [3.63, 3.8) is 0 Å². The minimum absolute atomic E-state index is 0. The predicted molar refractivity (Wildman–Crippen MR) is 75.5 cm³/mol. The van der Waals surface area contributed by atoms with Crippen LogP contribution in [0.4, 0.5) is 0 Å². The second-order valence-electron chi connectivity index (χ2n) is 3.57. The molecule has 0 amide bonds. The van der Waals surface area contributed by atoms with Crippen LogP contribution in [0.3, 0.4) is 0 Å². The Morgan fingerprint density at radius 2 is 1.69 bits per heavy atom. The SMILES string of the molecule is CCP(CC)CCSCc1ccccc1.[Au]. The van der Waals surface area contributed by atoms with E-state index in [1.165, 1.54) is 35.6 Å². The molecule has 3 heteroatoms. The van der Waals surface area contributed by atoms with Gasteiger partial charge < -0.3 is 0 Å². The molecule has 0 aliphatic carbocycles. The molecule has 0 aromatic heterocycles. The van der Waals surface area contributed by atoms with Crippen molar-refractivity contribution in [2.75, 3.05) is 24.2 Å². The van der Waals surface area contributed by atoms with Crippen molar-refractivity contribution in [3.05, 3.63) is 35.9 Å². The molecular formula is C13H21AuPS. The van der Waals surface area contributed by atoms with Crippen LogP contribution in [0.1, 0.15) is 19.4 Å². The van der Waals surface area contributed by atoms with Gasteiger partial charge in [-0.15, -0.1) is 7.92 Å². The molecule has 0 unspecified atom stereocenters. The number of hydrogen-bond acceptors (Lipinski definition) is 1. The fraction of sp³-hybridized carbons (Fsp3) is 0.538. The van der Waals surface area contributed by atoms with Crippen LogP contribution in [0.25, 0.3) is 0 Å². The maximum atomic E-state index is 2.33. The van der Waals surface area contributed by atoms with Crippen molar-refractivity contribution in [1.82, 2.24) is 0 Å². The van der Waals surface area contributed by atoms with E-state index in [0.29, 0.717) is 7.92 Å². The summed E-state index contributed by atoms with van der Waals surface area (Å²) in [4.78, 5) is 0. The second kappa shape index (κ2) is 10.9. The van der Waals surface area contributed by atoms with E-state index in [-0.39, 0.29) is 22.4 Å². The van der Waals surface area contributed by atoms with Crippen LogP contribution in [0.2, 0.25) is 0 Å². The van der Waals surface area contributed by atoms with Gasteiger partial charge in [0.1, 0.15) is 0 Å². The molecule has 0 aliphatic heterocycles. The van der Waals surface area contributed by atoms with Crippen molar-refractivity contribution in [1.29, 1.82) is 0 Å². The quantitative estimate of drug-likeness (QED) is 0.346. The molecule has 0 aliphatic rings. The summed E-state index contributed by atoms with van der Waals surface area (Å²) >= 11 is 2.08. The van der Waals surface area contributed by atoms with Crippen LogP contribution in [0.15, 0.2) is 30.3 Å². The van der Waals surface area contributed by atoms with Crippen LogP contribution < -0.4 is 0 Å². The molecule has 1 aromatic rings. The summed E-state index contributed by atoms with van der Waals surface area (Å²) in [5.74, 6) is 2.51. The van der Waals surface area contributed by atoms with Gasteiger partial charge in [0.05, 0.1) is 0 Å². The maximum absolute atomic E-state index is 2.33. The van der Waals surface area contributed by atoms with E-state index >= 15 is 0 Å². The van der Waals surface area contributed by atoms with E-state index in [0.717, 1.165) is 0 Å². The Bertz CT molecular complexity index is 249. The van der Waals surface area contributed by atoms with Crippen molar-refractivity contribution < 1.29 is 22.4 Å². The fourth-order valence-corrected chi connectivity index (χ4v) is 4.70. The number of benzene rings is 1. The first kappa shape index (κ1) is 16.7. The van der Waals surface area contributed by atoms with Gasteiger partial charge in [-0.2, -0.15) is 11.8 Å². The summed E-state index contributed by atoms with van der Waals surface area (Å²) in [5, 5.41) is 0. The van der Waals surface area contributed by atoms with Gasteiger partial charge in [-0.3, -0.25) is 0 Å². The standard InChI is InChI=1S/C13H21PS.Au/c1-3-14(4-2)10-11-15-12-13-8-6-5-7-9-13;/h5-9H,3-4,10-12H2,1-2H3;. The summed E-state index contributed by atoms with van der Waals surface area (Å²) in [6.45, 7) is 4.66. The van der Waals surface area contributed by atoms with Crippen LogP contribution >= 0.6 is 19.7 Å². The van der Waals surface area contributed by atoms with E-state index < -0.39 is 0 Å². The molecule has 0 bridgehead atoms. The Hall–Kier alpha value is 0.740. The Morgan fingerprint density at radius 3 is 2.25 bits per heavy atom. The number of hydrogen-bond donors (Lipinski definition) is 0. The van der Waals surface area contributed by atoms with Gasteiger partial charge >= 0.3 is 0 Å². The Kier molecular flexibility index (Phi) is 11.4. The smallest absolute Gasteiger partial charge is 0.0184 e. The van der Waals surface area contributed by atoms with Gasteiger partial charge in [0, 0.05) is 28.1 Å². The van der Waals surface area contributed by atoms with Gasteiger partial charge in [0.15, 0.2) is 0 Å². The summed E-state index contributed by atoms with van der Waals surface area (Å²) in [6, 6.07) is 10.8. The predicted octanol–water partition coefficient (Wildman–Crippen LogP) is 4.44. The van der Waals surface area contributed by atoms with Crippen molar-refractivity contribution in [2.24, 2.45) is 0 Å². The number of thioether (sulfide) groups is 1. The summed E-state index contributed by atoms with van der Waals surface area (Å²) in [7, 11) is 0.342. The molecule has 1 radical (unpaired) electrons. The largest absolute Gasteiger partial charge is 0.157 e. The molecule has 16 heavy (non-hydrogen) atoms. The summed E-state index contributed by atoms with van der Waals surface area (Å²) in [6.07, 6.45) is 4.25. The Labute approximate surface area is 121 Å². The maximum Gasteiger partial charge on any atom is 0.0184 e. The minimum atomic E-state index is 0. The van der Waals surface area contributed by atoms with Crippen LogP contribution in [0.5, 0.6) is 0 Å². The summed E-state index contributed by atoms with van der Waals surface area (Å²) in [5.41, 5.74) is 1.46. The third-order valence-electron chi connectivity index (χ3n) is 2.56. The molecule has 0 spiro atoms. The van der Waals surface area contributed by atoms with E-state index in [1.54, 1.807) is 0 Å². The molecule has 1 aromatic carbocycles. The van der Waals surface area contributed by atoms with Crippen LogP contribution in [-0.4, -0.2) is 24.2 Å². The molecule has 0 nitrogen and oxygen atoms in total. The molecule has 95 valence electrons. The van der Waals surface area contributed by atoms with Gasteiger partial charge in [-0.25, -0.2) is 0 Å². The zero-order valence-electron chi connectivity index (χ0n) is 10.1. The van der Waals surface area contributed by atoms with E-state index in [2.05, 4.69) is 55.9 Å². The molecule has 0 N–H and O–H groups in total. The first-order valence-electron chi connectivity index (χ1n) is 5.70. The second-order valence-corrected chi connectivity index (χ2v) is 7.72. The van der Waals surface area contributed by atoms with Crippen molar-refractivity contribution >= 4 is 19.7 Å². The van der Waals surface area contributed by atoms with E-state index in [4.69, 9.17) is 0 Å². The van der Waals surface area contributed by atoms with E-state index in [1.807, 2.05) is 0 Å². The zero-order chi connectivity index (χ0) is 10.9. The number of rotatable bonds is 7. The van der Waals surface area contributed by atoms with Gasteiger partial charge in [0.25, 0.3) is 0 Å². The molecule has 0 saturated carbocycles. The molecule has 0 atom stereocenters. The average molecular weight is 437 g/mol. The van der Waals surface area contributed by atoms with Gasteiger partial charge in [0.2, 0.25) is 0 Å². The minimum Gasteiger partial charge on any atom is -0.157 e. The van der Waals surface area contributed by atoms with Crippen LogP contribution in [-0.2, 0) is 28.1 Å². The topological polar surface area (TPSA) is 0 Å². The van der Waals surface area contributed by atoms with Crippen LogP contribution in [0, 0.1) is 0 Å². The van der Waals surface area contributed by atoms with Crippen molar-refractivity contribution in [2.45, 2.75) is 19.6 Å². The molecule has 0 fully saturated rings. The normalized spacial score (nSPS) is 10.2. The molecule has 0 saturated heterocycles. The van der Waals surface area contributed by atoms with Crippen molar-refractivity contribution in [3.8, 4) is 0 Å². The molecular weight excluding hydrogens is 416 g/mol. The van der Waals surface area contributed by atoms with E-state index in [9.17, 15) is 0 Å². The monoisotopic (exact) mass is 437 g/mol. The summed E-state index contributed by atoms with van der Waals surface area (Å²) < 4.78 is 0. The zero-order valence-corrected chi connectivity index (χ0v) is 14.0. The first-order chi connectivity index (χ1) is 7.36. The van der Waals surface area contributed by atoms with Gasteiger partial charge in [-0.05, 0) is 29.8 Å². The van der Waals surface area contributed by atoms with Gasteiger partial charge in [-0.1, -0.05) is 44.2 Å². The third-order valence-corrected chi connectivity index (χ3v) is 6.54. The third kappa shape index (κ3) is 7.14. The Morgan fingerprint density at radius 1 is 1.06 bits per heavy atom. The molecule has 0 heterocycles. The average Bonchev–Trinajstić information content (AvgIpc) is 2.31. The first-order valence-corrected chi connectivity index (χ1v) is 8.76. The Balaban J connectivity index is 0.00000225.